The third-order valence-electron chi connectivity index (χ3n) is 4.19. The summed E-state index contributed by atoms with van der Waals surface area (Å²) in [6.45, 7) is 0. The summed E-state index contributed by atoms with van der Waals surface area (Å²) in [5.74, 6) is -0.0805. The summed E-state index contributed by atoms with van der Waals surface area (Å²) in [4.78, 5) is 12.7. The van der Waals surface area contributed by atoms with Crippen molar-refractivity contribution in [3.63, 3.8) is 0 Å². The summed E-state index contributed by atoms with van der Waals surface area (Å²) < 4.78 is 3.64. The molecule has 0 radical (unpaired) electrons. The van der Waals surface area contributed by atoms with Gasteiger partial charge in [-0.25, -0.2) is 4.68 Å². The number of amides is 1. The molecule has 0 fully saturated rings. The van der Waals surface area contributed by atoms with Crippen LogP contribution >= 0.6 is 11.3 Å². The molecule has 25 heavy (non-hydrogen) atoms. The van der Waals surface area contributed by atoms with Crippen molar-refractivity contribution in [1.29, 1.82) is 0 Å². The zero-order chi connectivity index (χ0) is 17.2. The summed E-state index contributed by atoms with van der Waals surface area (Å²) in [5, 5.41) is 19.4. The molecule has 7 nitrogen and oxygen atoms in total. The van der Waals surface area contributed by atoms with Crippen LogP contribution in [0.1, 0.15) is 18.0 Å². The average Bonchev–Trinajstić information content (AvgIpc) is 3.36. The van der Waals surface area contributed by atoms with Gasteiger partial charge in [-0.15, -0.1) is 5.10 Å². The summed E-state index contributed by atoms with van der Waals surface area (Å²) in [6.07, 6.45) is 3.77. The minimum absolute atomic E-state index is 0.0805. The molecular weight excluding hydrogens is 336 g/mol. The Morgan fingerprint density at radius 1 is 1.32 bits per heavy atom. The molecule has 0 saturated heterocycles. The van der Waals surface area contributed by atoms with E-state index < -0.39 is 0 Å². The number of benzene rings is 1. The van der Waals surface area contributed by atoms with Gasteiger partial charge in [-0.05, 0) is 51.0 Å². The Balaban J connectivity index is 1.58. The Labute approximate surface area is 147 Å². The molecule has 0 aliphatic rings. The topological polar surface area (TPSA) is 77.6 Å². The van der Waals surface area contributed by atoms with Crippen molar-refractivity contribution in [2.24, 2.45) is 7.05 Å². The number of carbonyl (C=O) groups excluding carboxylic acids is 1. The van der Waals surface area contributed by atoms with Crippen LogP contribution in [-0.4, -0.2) is 30.7 Å². The Morgan fingerprint density at radius 3 is 3.00 bits per heavy atom. The third kappa shape index (κ3) is 3.03. The molecule has 1 amide bonds. The van der Waals surface area contributed by atoms with Gasteiger partial charge in [0.1, 0.15) is 6.33 Å². The van der Waals surface area contributed by atoms with Crippen LogP contribution in [0.25, 0.3) is 10.9 Å². The van der Waals surface area contributed by atoms with Gasteiger partial charge in [0.2, 0.25) is 5.91 Å². The van der Waals surface area contributed by atoms with E-state index in [4.69, 9.17) is 0 Å². The molecule has 1 atom stereocenters. The molecule has 1 unspecified atom stereocenters. The number of hydrogen-bond acceptors (Lipinski definition) is 5. The van der Waals surface area contributed by atoms with E-state index in [0.29, 0.717) is 0 Å². The maximum absolute atomic E-state index is 12.7. The van der Waals surface area contributed by atoms with Crippen molar-refractivity contribution in [1.82, 2.24) is 24.8 Å². The van der Waals surface area contributed by atoms with Crippen molar-refractivity contribution < 1.29 is 4.79 Å². The molecule has 1 aromatic carbocycles. The smallest absolute Gasteiger partial charge is 0.226 e. The Bertz CT molecular complexity index is 955. The number of rotatable bonds is 5. The molecule has 0 aliphatic carbocycles. The van der Waals surface area contributed by atoms with E-state index in [-0.39, 0.29) is 18.4 Å². The van der Waals surface area contributed by atoms with Crippen molar-refractivity contribution in [3.8, 4) is 0 Å². The number of fused-ring (bicyclic) bond motifs is 1. The van der Waals surface area contributed by atoms with E-state index >= 15 is 0 Å². The van der Waals surface area contributed by atoms with Gasteiger partial charge in [-0.1, -0.05) is 6.07 Å². The number of aryl methyl sites for hydroxylation is 1. The van der Waals surface area contributed by atoms with E-state index in [9.17, 15) is 4.79 Å². The van der Waals surface area contributed by atoms with Gasteiger partial charge < -0.3 is 9.88 Å². The molecule has 0 aliphatic heterocycles. The van der Waals surface area contributed by atoms with Crippen LogP contribution in [0.5, 0.6) is 0 Å². The highest BCUT2D eigenvalue weighted by atomic mass is 32.1. The van der Waals surface area contributed by atoms with Crippen molar-refractivity contribution in [2.75, 3.05) is 5.32 Å². The van der Waals surface area contributed by atoms with E-state index in [2.05, 4.69) is 20.8 Å². The fourth-order valence-electron chi connectivity index (χ4n) is 2.93. The highest BCUT2D eigenvalue weighted by molar-refractivity contribution is 7.08. The van der Waals surface area contributed by atoms with E-state index in [1.807, 2.05) is 58.9 Å². The Morgan fingerprint density at radius 2 is 2.24 bits per heavy atom. The molecule has 1 N–H and O–H groups in total. The fourth-order valence-corrected chi connectivity index (χ4v) is 3.64. The molecule has 0 bridgehead atoms. The number of tetrazole rings is 1. The third-order valence-corrected chi connectivity index (χ3v) is 4.89. The minimum atomic E-state index is -0.226. The number of thiophene rings is 1. The molecule has 4 aromatic rings. The average molecular weight is 352 g/mol. The second-order valence-corrected chi connectivity index (χ2v) is 6.56. The quantitative estimate of drug-likeness (QED) is 0.599. The summed E-state index contributed by atoms with van der Waals surface area (Å²) in [6, 6.07) is 9.65. The van der Waals surface area contributed by atoms with Crippen LogP contribution < -0.4 is 5.32 Å². The van der Waals surface area contributed by atoms with Crippen LogP contribution in [-0.2, 0) is 11.8 Å². The molecule has 3 aromatic heterocycles. The van der Waals surface area contributed by atoms with Crippen LogP contribution in [0.15, 0.2) is 53.6 Å². The first-order chi connectivity index (χ1) is 12.2. The normalized spacial score (nSPS) is 12.4. The highest BCUT2D eigenvalue weighted by Crippen LogP contribution is 2.26. The summed E-state index contributed by atoms with van der Waals surface area (Å²) in [7, 11) is 1.98. The van der Waals surface area contributed by atoms with E-state index in [1.54, 1.807) is 16.0 Å². The maximum atomic E-state index is 12.7. The lowest BCUT2D eigenvalue weighted by Gasteiger charge is -2.15. The first-order valence-electron chi connectivity index (χ1n) is 7.81. The summed E-state index contributed by atoms with van der Waals surface area (Å²) >= 11 is 1.58. The standard InChI is InChI=1S/C17H16N6OS/c1-22-7-5-13-14(3-2-4-15(13)22)19-17(24)9-16(12-6-8-25-10-12)23-11-18-20-21-23/h2-8,10-11,16H,9H2,1H3,(H,19,24). The molecule has 4 rings (SSSR count). The van der Waals surface area contributed by atoms with Gasteiger partial charge in [0.15, 0.2) is 0 Å². The first-order valence-corrected chi connectivity index (χ1v) is 8.75. The lowest BCUT2D eigenvalue weighted by molar-refractivity contribution is -0.116. The lowest BCUT2D eigenvalue weighted by Crippen LogP contribution is -2.20. The van der Waals surface area contributed by atoms with Crippen molar-refractivity contribution in [3.05, 3.63) is 59.2 Å². The Hall–Kier alpha value is -3.00. The molecule has 0 spiro atoms. The van der Waals surface area contributed by atoms with Gasteiger partial charge in [-0.2, -0.15) is 11.3 Å². The van der Waals surface area contributed by atoms with Crippen LogP contribution in [0.2, 0.25) is 0 Å². The van der Waals surface area contributed by atoms with Crippen molar-refractivity contribution >= 4 is 33.8 Å². The largest absolute Gasteiger partial charge is 0.350 e. The van der Waals surface area contributed by atoms with E-state index in [0.717, 1.165) is 22.2 Å². The molecule has 126 valence electrons. The number of aromatic nitrogens is 5. The Kier molecular flexibility index (Phi) is 4.02. The number of nitrogens with zero attached hydrogens (tertiary/aromatic N) is 5. The lowest BCUT2D eigenvalue weighted by atomic mass is 10.1. The molecule has 8 heteroatoms. The maximum Gasteiger partial charge on any atom is 0.226 e. The van der Waals surface area contributed by atoms with Crippen molar-refractivity contribution in [2.45, 2.75) is 12.5 Å². The zero-order valence-electron chi connectivity index (χ0n) is 13.5. The highest BCUT2D eigenvalue weighted by Gasteiger charge is 2.20. The van der Waals surface area contributed by atoms with Gasteiger partial charge in [0, 0.05) is 24.1 Å². The molecule has 0 saturated carbocycles. The second kappa shape index (κ2) is 6.48. The molecule has 3 heterocycles. The fraction of sp³-hybridized carbons (Fsp3) is 0.176. The SMILES string of the molecule is Cn1ccc2c(NC(=O)CC(c3ccsc3)n3cnnn3)cccc21. The predicted molar refractivity (Wildman–Crippen MR) is 96.4 cm³/mol. The predicted octanol–water partition coefficient (Wildman–Crippen LogP) is 2.84. The molecular formula is C17H16N6OS. The monoisotopic (exact) mass is 352 g/mol. The number of anilines is 1. The van der Waals surface area contributed by atoms with Gasteiger partial charge in [-0.3, -0.25) is 4.79 Å². The number of nitrogens with one attached hydrogen (secondary N) is 1. The van der Waals surface area contributed by atoms with Crippen LogP contribution in [0, 0.1) is 0 Å². The minimum Gasteiger partial charge on any atom is -0.350 e. The van der Waals surface area contributed by atoms with Gasteiger partial charge in [0.05, 0.1) is 18.2 Å². The summed E-state index contributed by atoms with van der Waals surface area (Å²) in [5.41, 5.74) is 2.90. The van der Waals surface area contributed by atoms with Gasteiger partial charge in [0.25, 0.3) is 0 Å². The second-order valence-electron chi connectivity index (χ2n) is 5.78. The van der Waals surface area contributed by atoms with E-state index in [1.165, 1.54) is 6.33 Å². The zero-order valence-corrected chi connectivity index (χ0v) is 14.3. The number of hydrogen-bond donors (Lipinski definition) is 1. The first kappa shape index (κ1) is 15.5. The van der Waals surface area contributed by atoms with Crippen LogP contribution in [0.3, 0.4) is 0 Å². The van der Waals surface area contributed by atoms with Gasteiger partial charge >= 0.3 is 0 Å². The van der Waals surface area contributed by atoms with Crippen LogP contribution in [0.4, 0.5) is 5.69 Å². The number of carbonyl (C=O) groups is 1.